The predicted molar refractivity (Wildman–Crippen MR) is 88.3 cm³/mol. The van der Waals surface area contributed by atoms with Crippen LogP contribution in [-0.2, 0) is 20.9 Å². The normalized spacial score (nSPS) is 15.3. The highest BCUT2D eigenvalue weighted by atomic mass is 16.5. The van der Waals surface area contributed by atoms with E-state index in [9.17, 15) is 9.59 Å². The monoisotopic (exact) mass is 327 g/mol. The molecule has 1 fully saturated rings. The largest absolute Gasteiger partial charge is 0.461 e. The molecule has 0 atom stereocenters. The number of amides is 1. The zero-order valence-electron chi connectivity index (χ0n) is 13.7. The number of rotatable bonds is 4. The van der Waals surface area contributed by atoms with Crippen LogP contribution in [0.25, 0.3) is 5.69 Å². The summed E-state index contributed by atoms with van der Waals surface area (Å²) in [5.41, 5.74) is 1.91. The van der Waals surface area contributed by atoms with Crippen LogP contribution < -0.4 is 0 Å². The van der Waals surface area contributed by atoms with E-state index >= 15 is 0 Å². The number of ether oxygens (including phenoxy) is 1. The van der Waals surface area contributed by atoms with Crippen LogP contribution in [0.5, 0.6) is 0 Å². The summed E-state index contributed by atoms with van der Waals surface area (Å²) in [7, 11) is 0. The van der Waals surface area contributed by atoms with Gasteiger partial charge in [0, 0.05) is 32.4 Å². The highest BCUT2D eigenvalue weighted by molar-refractivity contribution is 5.75. The van der Waals surface area contributed by atoms with E-state index in [-0.39, 0.29) is 24.4 Å². The smallest absolute Gasteiger partial charge is 0.309 e. The first-order valence-corrected chi connectivity index (χ1v) is 8.14. The number of benzene rings is 1. The average molecular weight is 327 g/mol. The summed E-state index contributed by atoms with van der Waals surface area (Å²) in [6.45, 7) is 3.10. The Labute approximate surface area is 141 Å². The summed E-state index contributed by atoms with van der Waals surface area (Å²) in [4.78, 5) is 25.2. The number of nitrogens with zero attached hydrogens (tertiary/aromatic N) is 3. The molecule has 6 heteroatoms. The summed E-state index contributed by atoms with van der Waals surface area (Å²) in [5.74, 6) is -0.211. The Morgan fingerprint density at radius 1 is 1.21 bits per heavy atom. The number of carbonyl (C=O) groups excluding carboxylic acids is 2. The van der Waals surface area contributed by atoms with Crippen molar-refractivity contribution in [1.29, 1.82) is 0 Å². The van der Waals surface area contributed by atoms with Crippen molar-refractivity contribution in [1.82, 2.24) is 14.7 Å². The van der Waals surface area contributed by atoms with Gasteiger partial charge in [0.05, 0.1) is 11.6 Å². The van der Waals surface area contributed by atoms with Gasteiger partial charge in [-0.2, -0.15) is 5.10 Å². The fourth-order valence-corrected chi connectivity index (χ4v) is 2.87. The van der Waals surface area contributed by atoms with Gasteiger partial charge in [-0.1, -0.05) is 12.1 Å². The van der Waals surface area contributed by atoms with E-state index in [1.165, 1.54) is 0 Å². The molecule has 1 aliphatic rings. The maximum atomic E-state index is 12.2. The number of likely N-dealkylation sites (tertiary alicyclic amines) is 1. The van der Waals surface area contributed by atoms with E-state index in [1.807, 2.05) is 36.5 Å². The number of esters is 1. The van der Waals surface area contributed by atoms with Gasteiger partial charge < -0.3 is 9.64 Å². The lowest BCUT2D eigenvalue weighted by Gasteiger charge is -2.30. The van der Waals surface area contributed by atoms with E-state index in [1.54, 1.807) is 22.7 Å². The number of piperidine rings is 1. The van der Waals surface area contributed by atoms with Crippen molar-refractivity contribution in [2.45, 2.75) is 26.4 Å². The molecule has 1 aliphatic heterocycles. The van der Waals surface area contributed by atoms with Gasteiger partial charge in [0.25, 0.3) is 0 Å². The summed E-state index contributed by atoms with van der Waals surface area (Å²) in [5, 5.41) is 4.17. The van der Waals surface area contributed by atoms with Gasteiger partial charge in [0.15, 0.2) is 0 Å². The highest BCUT2D eigenvalue weighted by Gasteiger charge is 2.27. The molecule has 0 saturated carbocycles. The minimum absolute atomic E-state index is 0.0686. The molecule has 1 saturated heterocycles. The SMILES string of the molecule is CC(=O)N1CCC(C(=O)OCc2ccc(-n3cccn3)cc2)CC1. The van der Waals surface area contributed by atoms with E-state index < -0.39 is 0 Å². The fraction of sp³-hybridized carbons (Fsp3) is 0.389. The van der Waals surface area contributed by atoms with Gasteiger partial charge in [-0.3, -0.25) is 9.59 Å². The van der Waals surface area contributed by atoms with E-state index in [0.29, 0.717) is 25.9 Å². The van der Waals surface area contributed by atoms with Crippen LogP contribution >= 0.6 is 0 Å². The summed E-state index contributed by atoms with van der Waals surface area (Å²) in [6, 6.07) is 9.63. The van der Waals surface area contributed by atoms with Gasteiger partial charge in [-0.25, -0.2) is 4.68 Å². The molecule has 0 spiro atoms. The van der Waals surface area contributed by atoms with Gasteiger partial charge >= 0.3 is 5.97 Å². The van der Waals surface area contributed by atoms with E-state index in [0.717, 1.165) is 11.3 Å². The quantitative estimate of drug-likeness (QED) is 0.807. The van der Waals surface area contributed by atoms with E-state index in [2.05, 4.69) is 5.10 Å². The molecule has 0 unspecified atom stereocenters. The number of aromatic nitrogens is 2. The third-order valence-corrected chi connectivity index (χ3v) is 4.36. The van der Waals surface area contributed by atoms with Crippen LogP contribution in [0.15, 0.2) is 42.7 Å². The van der Waals surface area contributed by atoms with Crippen LogP contribution in [0.1, 0.15) is 25.3 Å². The number of carbonyl (C=O) groups is 2. The Morgan fingerprint density at radius 3 is 2.50 bits per heavy atom. The molecule has 0 radical (unpaired) electrons. The van der Waals surface area contributed by atoms with Gasteiger partial charge in [0.1, 0.15) is 6.61 Å². The molecule has 2 aromatic rings. The first-order chi connectivity index (χ1) is 11.6. The third kappa shape index (κ3) is 3.82. The molecule has 1 aromatic heterocycles. The second kappa shape index (κ2) is 7.29. The molecule has 0 bridgehead atoms. The molecule has 24 heavy (non-hydrogen) atoms. The zero-order valence-corrected chi connectivity index (χ0v) is 13.7. The molecule has 3 rings (SSSR count). The molecule has 126 valence electrons. The van der Waals surface area contributed by atoms with E-state index in [4.69, 9.17) is 4.74 Å². The van der Waals surface area contributed by atoms with Gasteiger partial charge in [-0.15, -0.1) is 0 Å². The topological polar surface area (TPSA) is 64.4 Å². The maximum Gasteiger partial charge on any atom is 0.309 e. The third-order valence-electron chi connectivity index (χ3n) is 4.36. The van der Waals surface area contributed by atoms with Crippen LogP contribution in [0, 0.1) is 5.92 Å². The summed E-state index contributed by atoms with van der Waals surface area (Å²) in [6.07, 6.45) is 4.96. The van der Waals surface area contributed by atoms with Crippen LogP contribution in [0.3, 0.4) is 0 Å². The zero-order chi connectivity index (χ0) is 16.9. The van der Waals surface area contributed by atoms with Crippen molar-refractivity contribution in [3.05, 3.63) is 48.3 Å². The Morgan fingerprint density at radius 2 is 1.92 bits per heavy atom. The first-order valence-electron chi connectivity index (χ1n) is 8.14. The first kappa shape index (κ1) is 16.2. The Kier molecular flexibility index (Phi) is 4.93. The van der Waals surface area contributed by atoms with Gasteiger partial charge in [-0.05, 0) is 36.6 Å². The maximum absolute atomic E-state index is 12.2. The van der Waals surface area contributed by atoms with Crippen LogP contribution in [0.4, 0.5) is 0 Å². The Hall–Kier alpha value is -2.63. The van der Waals surface area contributed by atoms with Crippen molar-refractivity contribution < 1.29 is 14.3 Å². The molecular formula is C18H21N3O3. The molecular weight excluding hydrogens is 306 g/mol. The van der Waals surface area contributed by atoms with Crippen molar-refractivity contribution in [2.24, 2.45) is 5.92 Å². The number of hydrogen-bond donors (Lipinski definition) is 0. The minimum atomic E-state index is -0.172. The second-order valence-electron chi connectivity index (χ2n) is 6.01. The lowest BCUT2D eigenvalue weighted by atomic mass is 9.97. The molecule has 0 N–H and O–H groups in total. The second-order valence-corrected chi connectivity index (χ2v) is 6.01. The Bertz CT molecular complexity index is 687. The van der Waals surface area contributed by atoms with Crippen molar-refractivity contribution in [2.75, 3.05) is 13.1 Å². The predicted octanol–water partition coefficient (Wildman–Crippen LogP) is 2.17. The standard InChI is InChI=1S/C18H21N3O3/c1-14(22)20-11-7-16(8-12-20)18(23)24-13-15-3-5-17(6-4-15)21-10-2-9-19-21/h2-6,9-10,16H,7-8,11-13H2,1H3. The molecule has 0 aliphatic carbocycles. The van der Waals surface area contributed by atoms with Crippen molar-refractivity contribution in [3.8, 4) is 5.69 Å². The minimum Gasteiger partial charge on any atom is -0.461 e. The van der Waals surface area contributed by atoms with Crippen molar-refractivity contribution in [3.63, 3.8) is 0 Å². The van der Waals surface area contributed by atoms with Crippen molar-refractivity contribution >= 4 is 11.9 Å². The van der Waals surface area contributed by atoms with Crippen LogP contribution in [0.2, 0.25) is 0 Å². The molecule has 1 amide bonds. The highest BCUT2D eigenvalue weighted by Crippen LogP contribution is 2.19. The molecule has 2 heterocycles. The Balaban J connectivity index is 1.49. The molecule has 1 aromatic carbocycles. The fourth-order valence-electron chi connectivity index (χ4n) is 2.87. The number of hydrogen-bond acceptors (Lipinski definition) is 4. The summed E-state index contributed by atoms with van der Waals surface area (Å²) >= 11 is 0. The van der Waals surface area contributed by atoms with Crippen LogP contribution in [-0.4, -0.2) is 39.6 Å². The lowest BCUT2D eigenvalue weighted by molar-refractivity contribution is -0.152. The lowest BCUT2D eigenvalue weighted by Crippen LogP contribution is -2.39. The molecule has 6 nitrogen and oxygen atoms in total. The van der Waals surface area contributed by atoms with Gasteiger partial charge in [0.2, 0.25) is 5.91 Å². The summed E-state index contributed by atoms with van der Waals surface area (Å²) < 4.78 is 7.21. The average Bonchev–Trinajstić information content (AvgIpc) is 3.15.